The molecule has 3 rings (SSSR count). The fourth-order valence-corrected chi connectivity index (χ4v) is 2.91. The van der Waals surface area contributed by atoms with Gasteiger partial charge in [-0.2, -0.15) is 0 Å². The number of fused-ring (bicyclic) bond motifs is 1. The Morgan fingerprint density at radius 1 is 1.07 bits per heavy atom. The summed E-state index contributed by atoms with van der Waals surface area (Å²) in [5, 5.41) is 3.52. The van der Waals surface area contributed by atoms with E-state index in [1.54, 1.807) is 18.2 Å². The van der Waals surface area contributed by atoms with Crippen LogP contribution in [0.2, 0.25) is 5.02 Å². The number of carbonyl (C=O) groups is 2. The van der Waals surface area contributed by atoms with Crippen molar-refractivity contribution in [3.8, 4) is 11.5 Å². The van der Waals surface area contributed by atoms with Crippen LogP contribution in [0.5, 0.6) is 11.5 Å². The van der Waals surface area contributed by atoms with Crippen LogP contribution >= 0.6 is 11.6 Å². The van der Waals surface area contributed by atoms with E-state index in [1.165, 1.54) is 11.8 Å². The quantitative estimate of drug-likeness (QED) is 0.826. The second kappa shape index (κ2) is 8.77. The lowest BCUT2D eigenvalue weighted by Crippen LogP contribution is -2.40. The second-order valence-corrected chi connectivity index (χ2v) is 6.60. The highest BCUT2D eigenvalue weighted by molar-refractivity contribution is 6.30. The van der Waals surface area contributed by atoms with Crippen LogP contribution in [0.25, 0.3) is 0 Å². The maximum absolute atomic E-state index is 12.3. The molecular weight excluding hydrogens is 368 g/mol. The van der Waals surface area contributed by atoms with E-state index in [4.69, 9.17) is 21.1 Å². The molecule has 0 atom stereocenters. The summed E-state index contributed by atoms with van der Waals surface area (Å²) in [6, 6.07) is 12.7. The van der Waals surface area contributed by atoms with Crippen molar-refractivity contribution in [1.29, 1.82) is 0 Å². The molecule has 1 N–H and O–H groups in total. The van der Waals surface area contributed by atoms with E-state index in [2.05, 4.69) is 5.32 Å². The molecule has 1 aliphatic heterocycles. The van der Waals surface area contributed by atoms with Gasteiger partial charge in [-0.15, -0.1) is 0 Å². The van der Waals surface area contributed by atoms with E-state index in [0.717, 1.165) is 5.56 Å². The highest BCUT2D eigenvalue weighted by Gasteiger charge is 2.19. The molecule has 1 aliphatic rings. The lowest BCUT2D eigenvalue weighted by Gasteiger charge is -2.24. The predicted molar refractivity (Wildman–Crippen MR) is 104 cm³/mol. The Balaban J connectivity index is 1.58. The van der Waals surface area contributed by atoms with Crippen LogP contribution < -0.4 is 19.7 Å². The molecule has 1 heterocycles. The normalized spacial score (nSPS) is 12.4. The predicted octanol–water partition coefficient (Wildman–Crippen LogP) is 2.82. The number of hydrogen-bond acceptors (Lipinski definition) is 4. The second-order valence-electron chi connectivity index (χ2n) is 6.16. The summed E-state index contributed by atoms with van der Waals surface area (Å²) in [5.74, 6) is 0.766. The average Bonchev–Trinajstić information content (AvgIpc) is 2.67. The average molecular weight is 389 g/mol. The molecule has 0 saturated heterocycles. The molecule has 0 radical (unpaired) electrons. The Bertz CT molecular complexity index is 823. The van der Waals surface area contributed by atoms with Gasteiger partial charge in [0.1, 0.15) is 19.8 Å². The Kier molecular flexibility index (Phi) is 6.19. The molecule has 2 amide bonds. The highest BCUT2D eigenvalue weighted by Crippen LogP contribution is 2.34. The molecule has 7 heteroatoms. The van der Waals surface area contributed by atoms with Crippen molar-refractivity contribution in [3.63, 3.8) is 0 Å². The summed E-state index contributed by atoms with van der Waals surface area (Å²) in [6.45, 7) is 2.81. The molecule has 0 aliphatic carbocycles. The van der Waals surface area contributed by atoms with Crippen LogP contribution in [0.1, 0.15) is 12.5 Å². The van der Waals surface area contributed by atoms with Gasteiger partial charge in [-0.25, -0.2) is 0 Å². The van der Waals surface area contributed by atoms with Gasteiger partial charge < -0.3 is 19.7 Å². The SMILES string of the molecule is CC(=O)N(CC(=O)NCCc1ccc(Cl)cc1)c1ccc2c(c1)OCCO2. The molecule has 0 spiro atoms. The van der Waals surface area contributed by atoms with E-state index in [1.807, 2.05) is 24.3 Å². The molecule has 27 heavy (non-hydrogen) atoms. The summed E-state index contributed by atoms with van der Waals surface area (Å²) in [4.78, 5) is 25.7. The third-order valence-corrected chi connectivity index (χ3v) is 4.42. The zero-order chi connectivity index (χ0) is 19.2. The van der Waals surface area contributed by atoms with E-state index < -0.39 is 0 Å². The Morgan fingerprint density at radius 2 is 1.78 bits per heavy atom. The molecule has 0 bridgehead atoms. The van der Waals surface area contributed by atoms with Crippen LogP contribution in [0, 0.1) is 0 Å². The van der Waals surface area contributed by atoms with Crippen molar-refractivity contribution in [3.05, 3.63) is 53.1 Å². The van der Waals surface area contributed by atoms with E-state index >= 15 is 0 Å². The first-order valence-corrected chi connectivity index (χ1v) is 9.09. The van der Waals surface area contributed by atoms with Crippen molar-refractivity contribution in [2.75, 3.05) is 31.2 Å². The first kappa shape index (κ1) is 19.0. The third kappa shape index (κ3) is 5.14. The molecular formula is C20H21ClN2O4. The van der Waals surface area contributed by atoms with Crippen molar-refractivity contribution >= 4 is 29.1 Å². The number of hydrogen-bond donors (Lipinski definition) is 1. The number of benzene rings is 2. The minimum absolute atomic E-state index is 0.0599. The van der Waals surface area contributed by atoms with E-state index in [9.17, 15) is 9.59 Å². The van der Waals surface area contributed by atoms with Gasteiger partial charge >= 0.3 is 0 Å². The maximum Gasteiger partial charge on any atom is 0.240 e. The molecule has 2 aromatic carbocycles. The van der Waals surface area contributed by atoms with Gasteiger partial charge in [0, 0.05) is 30.2 Å². The number of rotatable bonds is 6. The lowest BCUT2D eigenvalue weighted by atomic mass is 10.1. The minimum atomic E-state index is -0.228. The third-order valence-electron chi connectivity index (χ3n) is 4.17. The van der Waals surface area contributed by atoms with Crippen molar-refractivity contribution < 1.29 is 19.1 Å². The topological polar surface area (TPSA) is 67.9 Å². The number of carbonyl (C=O) groups excluding carboxylic acids is 2. The minimum Gasteiger partial charge on any atom is -0.486 e. The fraction of sp³-hybridized carbons (Fsp3) is 0.300. The van der Waals surface area contributed by atoms with Crippen LogP contribution in [-0.4, -0.2) is 38.1 Å². The Labute approximate surface area is 163 Å². The van der Waals surface area contributed by atoms with Crippen LogP contribution in [0.4, 0.5) is 5.69 Å². The summed E-state index contributed by atoms with van der Waals surface area (Å²) < 4.78 is 11.0. The Hall–Kier alpha value is -2.73. The van der Waals surface area contributed by atoms with Gasteiger partial charge in [0.2, 0.25) is 11.8 Å². The van der Waals surface area contributed by atoms with Gasteiger partial charge in [0.25, 0.3) is 0 Å². The number of anilines is 1. The number of amides is 2. The smallest absolute Gasteiger partial charge is 0.240 e. The van der Waals surface area contributed by atoms with Crippen LogP contribution in [0.3, 0.4) is 0 Å². The van der Waals surface area contributed by atoms with Crippen LogP contribution in [-0.2, 0) is 16.0 Å². The van der Waals surface area contributed by atoms with E-state index in [-0.39, 0.29) is 18.4 Å². The van der Waals surface area contributed by atoms with Gasteiger partial charge in [-0.05, 0) is 36.2 Å². The molecule has 0 aromatic heterocycles. The maximum atomic E-state index is 12.3. The monoisotopic (exact) mass is 388 g/mol. The van der Waals surface area contributed by atoms with E-state index in [0.29, 0.717) is 48.4 Å². The molecule has 0 fully saturated rings. The molecule has 6 nitrogen and oxygen atoms in total. The van der Waals surface area contributed by atoms with Gasteiger partial charge in [-0.3, -0.25) is 9.59 Å². The van der Waals surface area contributed by atoms with Gasteiger partial charge in [0.15, 0.2) is 11.5 Å². The number of nitrogens with one attached hydrogen (secondary N) is 1. The zero-order valence-corrected chi connectivity index (χ0v) is 15.8. The molecule has 0 saturated carbocycles. The zero-order valence-electron chi connectivity index (χ0n) is 15.0. The highest BCUT2D eigenvalue weighted by atomic mass is 35.5. The lowest BCUT2D eigenvalue weighted by molar-refractivity contribution is -0.123. The Morgan fingerprint density at radius 3 is 2.48 bits per heavy atom. The summed E-state index contributed by atoms with van der Waals surface area (Å²) in [7, 11) is 0. The fourth-order valence-electron chi connectivity index (χ4n) is 2.78. The largest absolute Gasteiger partial charge is 0.486 e. The van der Waals surface area contributed by atoms with Gasteiger partial charge in [-0.1, -0.05) is 23.7 Å². The molecule has 142 valence electrons. The summed E-state index contributed by atoms with van der Waals surface area (Å²) >= 11 is 5.86. The summed E-state index contributed by atoms with van der Waals surface area (Å²) in [6.07, 6.45) is 0.688. The molecule has 2 aromatic rings. The van der Waals surface area contributed by atoms with Crippen LogP contribution in [0.15, 0.2) is 42.5 Å². The number of ether oxygens (including phenoxy) is 2. The standard InChI is InChI=1S/C20H21ClN2O4/c1-14(24)23(17-6-7-18-19(12-17)27-11-10-26-18)13-20(25)22-9-8-15-2-4-16(21)5-3-15/h2-7,12H,8-11,13H2,1H3,(H,22,25). The first-order valence-electron chi connectivity index (χ1n) is 8.72. The summed E-state index contributed by atoms with van der Waals surface area (Å²) in [5.41, 5.74) is 1.68. The van der Waals surface area contributed by atoms with Gasteiger partial charge in [0.05, 0.1) is 0 Å². The van der Waals surface area contributed by atoms with Crippen molar-refractivity contribution in [2.45, 2.75) is 13.3 Å². The number of halogens is 1. The first-order chi connectivity index (χ1) is 13.0. The van der Waals surface area contributed by atoms with Crippen molar-refractivity contribution in [2.24, 2.45) is 0 Å². The molecule has 0 unspecified atom stereocenters. The van der Waals surface area contributed by atoms with Crippen molar-refractivity contribution in [1.82, 2.24) is 5.32 Å². The number of nitrogens with zero attached hydrogens (tertiary/aromatic N) is 1.